The number of esters is 1. The molecule has 0 rings (SSSR count). The van der Waals surface area contributed by atoms with E-state index in [1.54, 1.807) is 0 Å². The number of hydrogen-bond donors (Lipinski definition) is 0. The lowest BCUT2D eigenvalue weighted by Crippen LogP contribution is -2.09. The normalized spacial score (nSPS) is 11.7. The number of ether oxygens (including phenoxy) is 1. The van der Waals surface area contributed by atoms with Gasteiger partial charge in [-0.05, 0) is 25.7 Å². The average molecular weight is 282 g/mol. The van der Waals surface area contributed by atoms with E-state index in [4.69, 9.17) is 4.74 Å². The van der Waals surface area contributed by atoms with E-state index in [2.05, 4.69) is 20.8 Å². The SMILES string of the molecule is CC/C=C(\CCCCCCCCC)C(=O)OCCCC. The van der Waals surface area contributed by atoms with Crippen LogP contribution in [0.2, 0.25) is 0 Å². The van der Waals surface area contributed by atoms with E-state index in [1.807, 2.05) is 6.08 Å². The van der Waals surface area contributed by atoms with Crippen LogP contribution in [0.1, 0.15) is 91.4 Å². The fourth-order valence-electron chi connectivity index (χ4n) is 2.21. The van der Waals surface area contributed by atoms with Crippen LogP contribution in [0, 0.1) is 0 Å². The molecule has 0 aromatic carbocycles. The Bertz CT molecular complexity index is 256. The first-order valence-electron chi connectivity index (χ1n) is 8.62. The number of carbonyl (C=O) groups excluding carboxylic acids is 1. The fourth-order valence-corrected chi connectivity index (χ4v) is 2.21. The zero-order valence-corrected chi connectivity index (χ0v) is 13.9. The van der Waals surface area contributed by atoms with Gasteiger partial charge in [-0.3, -0.25) is 0 Å². The summed E-state index contributed by atoms with van der Waals surface area (Å²) in [7, 11) is 0. The Morgan fingerprint density at radius 1 is 0.850 bits per heavy atom. The molecular weight excluding hydrogens is 248 g/mol. The van der Waals surface area contributed by atoms with Gasteiger partial charge in [0, 0.05) is 5.57 Å². The summed E-state index contributed by atoms with van der Waals surface area (Å²) >= 11 is 0. The maximum Gasteiger partial charge on any atom is 0.333 e. The maximum atomic E-state index is 11.9. The van der Waals surface area contributed by atoms with E-state index in [-0.39, 0.29) is 5.97 Å². The van der Waals surface area contributed by atoms with Gasteiger partial charge in [-0.15, -0.1) is 0 Å². The highest BCUT2D eigenvalue weighted by atomic mass is 16.5. The summed E-state index contributed by atoms with van der Waals surface area (Å²) in [6.45, 7) is 6.98. The van der Waals surface area contributed by atoms with Gasteiger partial charge in [0.05, 0.1) is 6.61 Å². The van der Waals surface area contributed by atoms with Gasteiger partial charge in [0.15, 0.2) is 0 Å². The maximum absolute atomic E-state index is 11.9. The van der Waals surface area contributed by atoms with Crippen molar-refractivity contribution in [3.63, 3.8) is 0 Å². The molecule has 0 aromatic heterocycles. The Hall–Kier alpha value is -0.790. The van der Waals surface area contributed by atoms with Crippen LogP contribution in [0.5, 0.6) is 0 Å². The lowest BCUT2D eigenvalue weighted by molar-refractivity contribution is -0.139. The van der Waals surface area contributed by atoms with E-state index >= 15 is 0 Å². The highest BCUT2D eigenvalue weighted by molar-refractivity contribution is 5.88. The molecule has 0 saturated heterocycles. The van der Waals surface area contributed by atoms with Crippen molar-refractivity contribution in [2.75, 3.05) is 6.61 Å². The number of rotatable bonds is 13. The Morgan fingerprint density at radius 3 is 2.05 bits per heavy atom. The third-order valence-electron chi connectivity index (χ3n) is 3.49. The number of allylic oxidation sites excluding steroid dienone is 1. The van der Waals surface area contributed by atoms with E-state index in [0.29, 0.717) is 6.61 Å². The topological polar surface area (TPSA) is 26.3 Å². The Kier molecular flexibility index (Phi) is 14.0. The highest BCUT2D eigenvalue weighted by Crippen LogP contribution is 2.14. The predicted molar refractivity (Wildman–Crippen MR) is 86.9 cm³/mol. The Morgan fingerprint density at radius 2 is 1.45 bits per heavy atom. The summed E-state index contributed by atoms with van der Waals surface area (Å²) in [5, 5.41) is 0. The molecule has 0 bridgehead atoms. The van der Waals surface area contributed by atoms with Gasteiger partial charge in [-0.2, -0.15) is 0 Å². The van der Waals surface area contributed by atoms with Crippen molar-refractivity contribution in [1.29, 1.82) is 0 Å². The minimum absolute atomic E-state index is 0.0914. The van der Waals surface area contributed by atoms with E-state index in [1.165, 1.54) is 38.5 Å². The first-order chi connectivity index (χ1) is 9.76. The first-order valence-corrected chi connectivity index (χ1v) is 8.62. The molecule has 0 fully saturated rings. The molecule has 0 saturated carbocycles. The van der Waals surface area contributed by atoms with Crippen LogP contribution in [-0.4, -0.2) is 12.6 Å². The monoisotopic (exact) mass is 282 g/mol. The van der Waals surface area contributed by atoms with Gasteiger partial charge >= 0.3 is 5.97 Å². The second kappa shape index (κ2) is 14.6. The lowest BCUT2D eigenvalue weighted by Gasteiger charge is -2.08. The predicted octanol–water partition coefficient (Wildman–Crippen LogP) is 5.81. The standard InChI is InChI=1S/C18H34O2/c1-4-7-9-10-11-12-13-15-17(14-6-3)18(19)20-16-8-5-2/h14H,4-13,15-16H2,1-3H3/b17-14+. The van der Waals surface area contributed by atoms with Crippen LogP contribution < -0.4 is 0 Å². The highest BCUT2D eigenvalue weighted by Gasteiger charge is 2.09. The van der Waals surface area contributed by atoms with Crippen LogP contribution in [0.15, 0.2) is 11.6 Å². The van der Waals surface area contributed by atoms with Crippen LogP contribution in [0.4, 0.5) is 0 Å². The lowest BCUT2D eigenvalue weighted by atomic mass is 10.0. The van der Waals surface area contributed by atoms with Gasteiger partial charge in [0.25, 0.3) is 0 Å². The quantitative estimate of drug-likeness (QED) is 0.242. The van der Waals surface area contributed by atoms with Gasteiger partial charge < -0.3 is 4.74 Å². The molecular formula is C18H34O2. The molecule has 0 amide bonds. The van der Waals surface area contributed by atoms with Crippen molar-refractivity contribution in [2.24, 2.45) is 0 Å². The Balaban J connectivity index is 3.80. The number of hydrogen-bond acceptors (Lipinski definition) is 2. The molecule has 0 aliphatic heterocycles. The molecule has 2 nitrogen and oxygen atoms in total. The zero-order valence-electron chi connectivity index (χ0n) is 13.9. The largest absolute Gasteiger partial charge is 0.462 e. The molecule has 20 heavy (non-hydrogen) atoms. The van der Waals surface area contributed by atoms with Crippen molar-refractivity contribution >= 4 is 5.97 Å². The molecule has 0 aliphatic rings. The molecule has 0 aromatic rings. The van der Waals surface area contributed by atoms with Gasteiger partial charge in [0.1, 0.15) is 0 Å². The molecule has 0 heterocycles. The van der Waals surface area contributed by atoms with Crippen LogP contribution >= 0.6 is 0 Å². The van der Waals surface area contributed by atoms with Gasteiger partial charge in [-0.25, -0.2) is 4.79 Å². The molecule has 0 atom stereocenters. The van der Waals surface area contributed by atoms with E-state index in [9.17, 15) is 4.79 Å². The Labute approximate surface area is 126 Å². The second-order valence-corrected chi connectivity index (χ2v) is 5.50. The molecule has 0 aliphatic carbocycles. The van der Waals surface area contributed by atoms with Crippen molar-refractivity contribution in [3.05, 3.63) is 11.6 Å². The summed E-state index contributed by atoms with van der Waals surface area (Å²) in [4.78, 5) is 11.9. The van der Waals surface area contributed by atoms with Crippen molar-refractivity contribution in [1.82, 2.24) is 0 Å². The van der Waals surface area contributed by atoms with Crippen LogP contribution in [0.3, 0.4) is 0 Å². The van der Waals surface area contributed by atoms with E-state index < -0.39 is 0 Å². The number of carbonyl (C=O) groups is 1. The minimum Gasteiger partial charge on any atom is -0.462 e. The molecule has 0 radical (unpaired) electrons. The third-order valence-corrected chi connectivity index (χ3v) is 3.49. The van der Waals surface area contributed by atoms with Crippen molar-refractivity contribution in [2.45, 2.75) is 91.4 Å². The second-order valence-electron chi connectivity index (χ2n) is 5.50. The average Bonchev–Trinajstić information content (AvgIpc) is 2.45. The van der Waals surface area contributed by atoms with Crippen molar-refractivity contribution < 1.29 is 9.53 Å². The molecule has 2 heteroatoms. The summed E-state index contributed by atoms with van der Waals surface area (Å²) in [5.74, 6) is -0.0914. The van der Waals surface area contributed by atoms with Crippen molar-refractivity contribution in [3.8, 4) is 0 Å². The summed E-state index contributed by atoms with van der Waals surface area (Å²) < 4.78 is 5.30. The summed E-state index contributed by atoms with van der Waals surface area (Å²) in [5.41, 5.74) is 0.886. The third kappa shape index (κ3) is 11.1. The van der Waals surface area contributed by atoms with Crippen LogP contribution in [-0.2, 0) is 9.53 Å². The number of unbranched alkanes of at least 4 members (excludes halogenated alkanes) is 7. The first kappa shape index (κ1) is 19.2. The van der Waals surface area contributed by atoms with Crippen LogP contribution in [0.25, 0.3) is 0 Å². The molecule has 0 spiro atoms. The molecule has 118 valence electrons. The summed E-state index contributed by atoms with van der Waals surface area (Å²) in [6, 6.07) is 0. The zero-order chi connectivity index (χ0) is 15.1. The smallest absolute Gasteiger partial charge is 0.333 e. The fraction of sp³-hybridized carbons (Fsp3) is 0.833. The molecule has 0 unspecified atom stereocenters. The summed E-state index contributed by atoms with van der Waals surface area (Å²) in [6.07, 6.45) is 14.8. The molecule has 0 N–H and O–H groups in total. The minimum atomic E-state index is -0.0914. The van der Waals surface area contributed by atoms with Gasteiger partial charge in [0.2, 0.25) is 0 Å². The van der Waals surface area contributed by atoms with E-state index in [0.717, 1.165) is 37.7 Å². The van der Waals surface area contributed by atoms with Gasteiger partial charge in [-0.1, -0.05) is 71.8 Å².